The molecule has 0 aromatic heterocycles. The summed E-state index contributed by atoms with van der Waals surface area (Å²) < 4.78 is 11.8. The van der Waals surface area contributed by atoms with Crippen molar-refractivity contribution in [3.63, 3.8) is 0 Å². The van der Waals surface area contributed by atoms with Gasteiger partial charge in [0.05, 0.1) is 12.2 Å². The second kappa shape index (κ2) is 4.63. The SMILES string of the molecule is C=C[C@@H](c1ccccc1)[C@@H]1OC(C)(C)O[C@@H]1C. The zero-order valence-corrected chi connectivity index (χ0v) is 10.7. The van der Waals surface area contributed by atoms with Gasteiger partial charge in [0.25, 0.3) is 0 Å². The fraction of sp³-hybridized carbons (Fsp3) is 0.467. The Morgan fingerprint density at radius 3 is 2.35 bits per heavy atom. The number of ether oxygens (including phenoxy) is 2. The van der Waals surface area contributed by atoms with Crippen molar-refractivity contribution in [1.29, 1.82) is 0 Å². The molecule has 1 fully saturated rings. The molecular formula is C15H20O2. The third-order valence-electron chi connectivity index (χ3n) is 3.14. The molecule has 0 bridgehead atoms. The summed E-state index contributed by atoms with van der Waals surface area (Å²) in [7, 11) is 0. The van der Waals surface area contributed by atoms with Crippen molar-refractivity contribution in [2.75, 3.05) is 0 Å². The Hall–Kier alpha value is -1.12. The summed E-state index contributed by atoms with van der Waals surface area (Å²) in [6.45, 7) is 9.89. The van der Waals surface area contributed by atoms with E-state index in [1.807, 2.05) is 38.1 Å². The van der Waals surface area contributed by atoms with Crippen LogP contribution in [0.3, 0.4) is 0 Å². The van der Waals surface area contributed by atoms with E-state index in [1.165, 1.54) is 5.56 Å². The molecule has 1 aliphatic rings. The minimum absolute atomic E-state index is 0.0323. The van der Waals surface area contributed by atoms with E-state index in [9.17, 15) is 0 Å². The minimum Gasteiger partial charge on any atom is -0.345 e. The Labute approximate surface area is 103 Å². The summed E-state index contributed by atoms with van der Waals surface area (Å²) in [5, 5.41) is 0. The predicted octanol–water partition coefficient (Wildman–Crippen LogP) is 3.50. The van der Waals surface area contributed by atoms with Crippen molar-refractivity contribution in [3.05, 3.63) is 48.6 Å². The van der Waals surface area contributed by atoms with Gasteiger partial charge in [0.2, 0.25) is 0 Å². The normalized spacial score (nSPS) is 28.9. The van der Waals surface area contributed by atoms with Gasteiger partial charge in [-0.2, -0.15) is 0 Å². The van der Waals surface area contributed by atoms with Crippen LogP contribution in [-0.2, 0) is 9.47 Å². The van der Waals surface area contributed by atoms with Gasteiger partial charge >= 0.3 is 0 Å². The van der Waals surface area contributed by atoms with Crippen molar-refractivity contribution in [3.8, 4) is 0 Å². The van der Waals surface area contributed by atoms with Crippen molar-refractivity contribution in [2.24, 2.45) is 0 Å². The van der Waals surface area contributed by atoms with Gasteiger partial charge in [0, 0.05) is 5.92 Å². The van der Waals surface area contributed by atoms with Crippen molar-refractivity contribution < 1.29 is 9.47 Å². The van der Waals surface area contributed by atoms with E-state index in [0.29, 0.717) is 0 Å². The van der Waals surface area contributed by atoms with Gasteiger partial charge in [-0.25, -0.2) is 0 Å². The fourth-order valence-electron chi connectivity index (χ4n) is 2.47. The molecule has 0 unspecified atom stereocenters. The number of hydrogen-bond acceptors (Lipinski definition) is 2. The highest BCUT2D eigenvalue weighted by Gasteiger charge is 2.42. The molecule has 3 atom stereocenters. The van der Waals surface area contributed by atoms with Crippen LogP contribution in [0.25, 0.3) is 0 Å². The van der Waals surface area contributed by atoms with E-state index in [0.717, 1.165) is 0 Å². The monoisotopic (exact) mass is 232 g/mol. The van der Waals surface area contributed by atoms with E-state index in [4.69, 9.17) is 9.47 Å². The van der Waals surface area contributed by atoms with Gasteiger partial charge in [-0.3, -0.25) is 0 Å². The van der Waals surface area contributed by atoms with Gasteiger partial charge in [0.15, 0.2) is 5.79 Å². The average molecular weight is 232 g/mol. The zero-order chi connectivity index (χ0) is 12.5. The summed E-state index contributed by atoms with van der Waals surface area (Å²) in [5.41, 5.74) is 1.22. The molecule has 2 nitrogen and oxygen atoms in total. The van der Waals surface area contributed by atoms with E-state index < -0.39 is 5.79 Å². The number of benzene rings is 1. The van der Waals surface area contributed by atoms with Crippen molar-refractivity contribution in [2.45, 2.75) is 44.7 Å². The van der Waals surface area contributed by atoms with Crippen LogP contribution in [0, 0.1) is 0 Å². The maximum absolute atomic E-state index is 5.98. The lowest BCUT2D eigenvalue weighted by molar-refractivity contribution is -0.145. The largest absolute Gasteiger partial charge is 0.345 e. The Morgan fingerprint density at radius 1 is 1.24 bits per heavy atom. The first kappa shape index (κ1) is 12.3. The molecule has 2 heteroatoms. The quantitative estimate of drug-likeness (QED) is 0.743. The van der Waals surface area contributed by atoms with Gasteiger partial charge in [-0.1, -0.05) is 36.4 Å². The van der Waals surface area contributed by atoms with Crippen LogP contribution in [0.15, 0.2) is 43.0 Å². The third-order valence-corrected chi connectivity index (χ3v) is 3.14. The average Bonchev–Trinajstić information content (AvgIpc) is 2.55. The lowest BCUT2D eigenvalue weighted by Gasteiger charge is -2.23. The highest BCUT2D eigenvalue weighted by molar-refractivity contribution is 5.25. The Kier molecular flexibility index (Phi) is 3.36. The minimum atomic E-state index is -0.500. The molecule has 2 rings (SSSR count). The summed E-state index contributed by atoms with van der Waals surface area (Å²) >= 11 is 0. The maximum atomic E-state index is 5.98. The van der Waals surface area contributed by atoms with E-state index >= 15 is 0 Å². The van der Waals surface area contributed by atoms with Crippen LogP contribution in [0.4, 0.5) is 0 Å². The lowest BCUT2D eigenvalue weighted by Crippen LogP contribution is -2.27. The molecule has 0 radical (unpaired) electrons. The molecule has 1 saturated heterocycles. The molecule has 0 N–H and O–H groups in total. The van der Waals surface area contributed by atoms with Gasteiger partial charge in [-0.05, 0) is 26.3 Å². The Balaban J connectivity index is 2.23. The highest BCUT2D eigenvalue weighted by Crippen LogP contribution is 2.36. The third kappa shape index (κ3) is 2.59. The van der Waals surface area contributed by atoms with Crippen LogP contribution in [0.5, 0.6) is 0 Å². The molecule has 17 heavy (non-hydrogen) atoms. The summed E-state index contributed by atoms with van der Waals surface area (Å²) in [6, 6.07) is 10.3. The summed E-state index contributed by atoms with van der Waals surface area (Å²) in [6.07, 6.45) is 2.06. The molecule has 0 spiro atoms. The van der Waals surface area contributed by atoms with Crippen LogP contribution < -0.4 is 0 Å². The summed E-state index contributed by atoms with van der Waals surface area (Å²) in [4.78, 5) is 0. The molecule has 1 aromatic carbocycles. The van der Waals surface area contributed by atoms with E-state index in [2.05, 4.69) is 25.6 Å². The first-order valence-corrected chi connectivity index (χ1v) is 6.06. The topological polar surface area (TPSA) is 18.5 Å². The molecule has 1 heterocycles. The second-order valence-electron chi connectivity index (χ2n) is 4.98. The zero-order valence-electron chi connectivity index (χ0n) is 10.7. The predicted molar refractivity (Wildman–Crippen MR) is 68.9 cm³/mol. The van der Waals surface area contributed by atoms with Crippen molar-refractivity contribution >= 4 is 0 Å². The van der Waals surface area contributed by atoms with E-state index in [1.54, 1.807) is 0 Å². The first-order chi connectivity index (χ1) is 8.03. The standard InChI is InChI=1S/C15H20O2/c1-5-13(12-9-7-6-8-10-12)14-11(2)16-15(3,4)17-14/h5-11,13-14H,1H2,2-4H3/t11-,13+,14-/m1/s1. The number of hydrogen-bond donors (Lipinski definition) is 0. The Morgan fingerprint density at radius 2 is 1.88 bits per heavy atom. The molecule has 0 aliphatic carbocycles. The molecular weight excluding hydrogens is 212 g/mol. The highest BCUT2D eigenvalue weighted by atomic mass is 16.7. The molecule has 0 saturated carbocycles. The lowest BCUT2D eigenvalue weighted by atomic mass is 9.91. The molecule has 0 amide bonds. The van der Waals surface area contributed by atoms with Crippen molar-refractivity contribution in [1.82, 2.24) is 0 Å². The first-order valence-electron chi connectivity index (χ1n) is 6.06. The van der Waals surface area contributed by atoms with Gasteiger partial charge < -0.3 is 9.47 Å². The second-order valence-corrected chi connectivity index (χ2v) is 4.98. The smallest absolute Gasteiger partial charge is 0.163 e. The Bertz CT molecular complexity index is 383. The fourth-order valence-corrected chi connectivity index (χ4v) is 2.47. The van der Waals surface area contributed by atoms with Crippen LogP contribution in [0.1, 0.15) is 32.3 Å². The summed E-state index contributed by atoms with van der Waals surface area (Å²) in [5.74, 6) is -0.326. The molecule has 1 aliphatic heterocycles. The van der Waals surface area contributed by atoms with Crippen LogP contribution in [-0.4, -0.2) is 18.0 Å². The maximum Gasteiger partial charge on any atom is 0.163 e. The molecule has 1 aromatic rings. The van der Waals surface area contributed by atoms with Crippen LogP contribution >= 0.6 is 0 Å². The van der Waals surface area contributed by atoms with Gasteiger partial charge in [0.1, 0.15) is 0 Å². The van der Waals surface area contributed by atoms with Gasteiger partial charge in [-0.15, -0.1) is 6.58 Å². The van der Waals surface area contributed by atoms with E-state index in [-0.39, 0.29) is 18.1 Å². The number of rotatable bonds is 3. The van der Waals surface area contributed by atoms with Crippen LogP contribution in [0.2, 0.25) is 0 Å². The molecule has 92 valence electrons.